The number of H-pyrrole nitrogens is 1. The van der Waals surface area contributed by atoms with Crippen LogP contribution in [0.15, 0.2) is 50.8 Å². The summed E-state index contributed by atoms with van der Waals surface area (Å²) in [5, 5.41) is 4.59. The van der Waals surface area contributed by atoms with Crippen LogP contribution in [0.3, 0.4) is 0 Å². The molecule has 1 aliphatic heterocycles. The molecule has 0 spiro atoms. The molecule has 3 aromatic rings. The number of rotatable bonds is 6. The summed E-state index contributed by atoms with van der Waals surface area (Å²) in [6.45, 7) is 1.56. The summed E-state index contributed by atoms with van der Waals surface area (Å²) in [4.78, 5) is 29.0. The first-order valence-electron chi connectivity index (χ1n) is 9.17. The average molecular weight is 466 g/mol. The number of nitrogens with zero attached hydrogens (tertiary/aromatic N) is 1. The van der Waals surface area contributed by atoms with Crippen LogP contribution >= 0.6 is 22.7 Å². The maximum absolute atomic E-state index is 12.7. The predicted molar refractivity (Wildman–Crippen MR) is 115 cm³/mol. The summed E-state index contributed by atoms with van der Waals surface area (Å²) in [5.74, 6) is -0.514. The SMILES string of the molecule is O=C(NCc1ccc(S(=O)(=O)N2CCOCC2)s1)c1ccc(-c2cccs2)[nH]c1=O. The van der Waals surface area contributed by atoms with Gasteiger partial charge in [-0.2, -0.15) is 4.31 Å². The Kier molecular flexibility index (Phi) is 6.16. The lowest BCUT2D eigenvalue weighted by molar-refractivity contribution is 0.0731. The van der Waals surface area contributed by atoms with Gasteiger partial charge in [0.15, 0.2) is 0 Å². The van der Waals surface area contributed by atoms with Gasteiger partial charge in [0.05, 0.1) is 30.3 Å². The highest BCUT2D eigenvalue weighted by Crippen LogP contribution is 2.25. The maximum atomic E-state index is 12.7. The van der Waals surface area contributed by atoms with Gasteiger partial charge in [-0.05, 0) is 35.7 Å². The molecule has 8 nitrogen and oxygen atoms in total. The van der Waals surface area contributed by atoms with Gasteiger partial charge in [0, 0.05) is 18.0 Å². The molecule has 0 unspecified atom stereocenters. The number of carbonyl (C=O) groups excluding carboxylic acids is 1. The molecular weight excluding hydrogens is 446 g/mol. The highest BCUT2D eigenvalue weighted by molar-refractivity contribution is 7.91. The van der Waals surface area contributed by atoms with Gasteiger partial charge >= 0.3 is 0 Å². The van der Waals surface area contributed by atoms with Gasteiger partial charge in [-0.1, -0.05) is 6.07 Å². The highest BCUT2D eigenvalue weighted by Gasteiger charge is 2.27. The molecule has 1 fully saturated rings. The minimum Gasteiger partial charge on any atom is -0.379 e. The summed E-state index contributed by atoms with van der Waals surface area (Å²) >= 11 is 2.60. The fourth-order valence-corrected chi connectivity index (χ4v) is 6.56. The Balaban J connectivity index is 1.42. The third kappa shape index (κ3) is 4.40. The number of aromatic amines is 1. The first kappa shape index (κ1) is 20.9. The Hall–Kier alpha value is -2.31. The molecule has 0 radical (unpaired) electrons. The van der Waals surface area contributed by atoms with Gasteiger partial charge in [0.25, 0.3) is 21.5 Å². The second-order valence-electron chi connectivity index (χ2n) is 6.51. The summed E-state index contributed by atoms with van der Waals surface area (Å²) in [6.07, 6.45) is 0. The first-order chi connectivity index (χ1) is 14.4. The van der Waals surface area contributed by atoms with Crippen molar-refractivity contribution in [3.63, 3.8) is 0 Å². The fraction of sp³-hybridized carbons (Fsp3) is 0.263. The Morgan fingerprint density at radius 1 is 1.17 bits per heavy atom. The number of carbonyl (C=O) groups is 1. The second-order valence-corrected chi connectivity index (χ2v) is 10.8. The van der Waals surface area contributed by atoms with Crippen LogP contribution in [0.25, 0.3) is 10.6 Å². The Morgan fingerprint density at radius 3 is 2.67 bits per heavy atom. The molecule has 158 valence electrons. The van der Waals surface area contributed by atoms with Crippen LogP contribution in [0.4, 0.5) is 0 Å². The van der Waals surface area contributed by atoms with E-state index in [-0.39, 0.29) is 16.3 Å². The molecule has 1 saturated heterocycles. The summed E-state index contributed by atoms with van der Waals surface area (Å²) in [5.41, 5.74) is 0.191. The van der Waals surface area contributed by atoms with Gasteiger partial charge in [0.2, 0.25) is 0 Å². The van der Waals surface area contributed by atoms with E-state index in [1.807, 2.05) is 17.5 Å². The van der Waals surface area contributed by atoms with Crippen molar-refractivity contribution < 1.29 is 17.9 Å². The third-order valence-corrected chi connectivity index (χ3v) is 8.92. The molecule has 1 aliphatic rings. The van der Waals surface area contributed by atoms with E-state index in [0.717, 1.165) is 16.2 Å². The first-order valence-corrected chi connectivity index (χ1v) is 12.3. The van der Waals surface area contributed by atoms with Crippen LogP contribution < -0.4 is 10.9 Å². The highest BCUT2D eigenvalue weighted by atomic mass is 32.2. The predicted octanol–water partition coefficient (Wildman–Crippen LogP) is 2.12. The van der Waals surface area contributed by atoms with E-state index in [4.69, 9.17) is 4.74 Å². The van der Waals surface area contributed by atoms with E-state index >= 15 is 0 Å². The molecule has 0 atom stereocenters. The molecule has 0 aromatic carbocycles. The van der Waals surface area contributed by atoms with Crippen molar-refractivity contribution in [2.24, 2.45) is 0 Å². The normalized spacial score (nSPS) is 15.2. The molecular formula is C19H19N3O5S3. The van der Waals surface area contributed by atoms with Crippen molar-refractivity contribution in [1.82, 2.24) is 14.6 Å². The monoisotopic (exact) mass is 465 g/mol. The number of morpholine rings is 1. The molecule has 4 rings (SSSR count). The maximum Gasteiger partial charge on any atom is 0.261 e. The number of sulfonamides is 1. The third-order valence-electron chi connectivity index (χ3n) is 4.57. The quantitative estimate of drug-likeness (QED) is 0.580. The van der Waals surface area contributed by atoms with E-state index in [1.54, 1.807) is 18.2 Å². The van der Waals surface area contributed by atoms with Crippen molar-refractivity contribution in [2.75, 3.05) is 26.3 Å². The van der Waals surface area contributed by atoms with E-state index < -0.39 is 21.5 Å². The Morgan fingerprint density at radius 2 is 1.97 bits per heavy atom. The molecule has 1 amide bonds. The molecule has 4 heterocycles. The summed E-state index contributed by atoms with van der Waals surface area (Å²) < 4.78 is 32.2. The summed E-state index contributed by atoms with van der Waals surface area (Å²) in [6, 6.07) is 10.2. The second kappa shape index (κ2) is 8.82. The van der Waals surface area contributed by atoms with Gasteiger partial charge in [-0.3, -0.25) is 9.59 Å². The van der Waals surface area contributed by atoms with Gasteiger partial charge in [-0.15, -0.1) is 22.7 Å². The van der Waals surface area contributed by atoms with Gasteiger partial charge < -0.3 is 15.0 Å². The molecule has 0 bridgehead atoms. The van der Waals surface area contributed by atoms with Crippen LogP contribution in [0.2, 0.25) is 0 Å². The molecule has 0 aliphatic carbocycles. The minimum absolute atomic E-state index is 0.00743. The minimum atomic E-state index is -3.56. The van der Waals surface area contributed by atoms with Crippen molar-refractivity contribution >= 4 is 38.6 Å². The zero-order valence-electron chi connectivity index (χ0n) is 15.8. The molecule has 0 saturated carbocycles. The number of thiophene rings is 2. The van der Waals surface area contributed by atoms with Gasteiger partial charge in [-0.25, -0.2) is 8.42 Å². The lowest BCUT2D eigenvalue weighted by Crippen LogP contribution is -2.40. The topological polar surface area (TPSA) is 109 Å². The number of hydrogen-bond donors (Lipinski definition) is 2. The smallest absolute Gasteiger partial charge is 0.261 e. The van der Waals surface area contributed by atoms with E-state index in [2.05, 4.69) is 10.3 Å². The van der Waals surface area contributed by atoms with E-state index in [0.29, 0.717) is 36.9 Å². The molecule has 11 heteroatoms. The zero-order chi connectivity index (χ0) is 21.1. The molecule has 30 heavy (non-hydrogen) atoms. The Bertz CT molecular complexity index is 1190. The Labute approximate surface area is 181 Å². The van der Waals surface area contributed by atoms with Crippen LogP contribution in [-0.4, -0.2) is 49.9 Å². The van der Waals surface area contributed by atoms with E-state index in [1.165, 1.54) is 21.7 Å². The van der Waals surface area contributed by atoms with Crippen LogP contribution in [0, 0.1) is 0 Å². The summed E-state index contributed by atoms with van der Waals surface area (Å²) in [7, 11) is -3.56. The van der Waals surface area contributed by atoms with Crippen molar-refractivity contribution in [3.05, 3.63) is 62.6 Å². The van der Waals surface area contributed by atoms with Crippen LogP contribution in [0.5, 0.6) is 0 Å². The largest absolute Gasteiger partial charge is 0.379 e. The number of pyridine rings is 1. The number of amides is 1. The van der Waals surface area contributed by atoms with Crippen molar-refractivity contribution in [3.8, 4) is 10.6 Å². The fourth-order valence-electron chi connectivity index (χ4n) is 3.00. The van der Waals surface area contributed by atoms with E-state index in [9.17, 15) is 18.0 Å². The van der Waals surface area contributed by atoms with Crippen LogP contribution in [0.1, 0.15) is 15.2 Å². The standard InChI is InChI=1S/C19H19N3O5S3/c23-18(14-4-5-15(21-19(14)24)16-2-1-11-28-16)20-12-13-3-6-17(29-13)30(25,26)22-7-9-27-10-8-22/h1-6,11H,7-10,12H2,(H,20,23)(H,21,24). The van der Waals surface area contributed by atoms with Gasteiger partial charge in [0.1, 0.15) is 9.77 Å². The van der Waals surface area contributed by atoms with Crippen LogP contribution in [-0.2, 0) is 21.3 Å². The number of hydrogen-bond acceptors (Lipinski definition) is 7. The lowest BCUT2D eigenvalue weighted by atomic mass is 10.2. The molecule has 2 N–H and O–H groups in total. The van der Waals surface area contributed by atoms with Crippen molar-refractivity contribution in [1.29, 1.82) is 0 Å². The lowest BCUT2D eigenvalue weighted by Gasteiger charge is -2.25. The average Bonchev–Trinajstić information content (AvgIpc) is 3.45. The zero-order valence-corrected chi connectivity index (χ0v) is 18.2. The number of ether oxygens (including phenoxy) is 1. The molecule has 3 aromatic heterocycles. The van der Waals surface area contributed by atoms with Crippen molar-refractivity contribution in [2.45, 2.75) is 10.8 Å². The number of aromatic nitrogens is 1. The number of nitrogens with one attached hydrogen (secondary N) is 2.